The third-order valence-corrected chi connectivity index (χ3v) is 4.92. The largest absolute Gasteiger partial charge is 0.469 e. The average molecular weight is 407 g/mol. The molecule has 0 fully saturated rings. The number of anilines is 1. The fourth-order valence-electron chi connectivity index (χ4n) is 3.33. The van der Waals surface area contributed by atoms with Crippen LogP contribution < -0.4 is 16.0 Å². The van der Waals surface area contributed by atoms with Gasteiger partial charge in [0, 0.05) is 17.8 Å². The second-order valence-corrected chi connectivity index (χ2v) is 6.95. The number of hydrogen-bond donors (Lipinski definition) is 4. The lowest BCUT2D eigenvalue weighted by Crippen LogP contribution is -2.38. The van der Waals surface area contributed by atoms with Gasteiger partial charge in [0.2, 0.25) is 5.91 Å². The second kappa shape index (κ2) is 8.24. The molecule has 0 saturated carbocycles. The minimum absolute atomic E-state index is 0.0818. The van der Waals surface area contributed by atoms with Crippen LogP contribution in [0.4, 0.5) is 5.69 Å². The van der Waals surface area contributed by atoms with Gasteiger partial charge in [-0.3, -0.25) is 14.4 Å². The van der Waals surface area contributed by atoms with Gasteiger partial charge in [-0.15, -0.1) is 0 Å². The first kappa shape index (κ1) is 19.4. The van der Waals surface area contributed by atoms with Gasteiger partial charge in [-0.05, 0) is 35.9 Å². The molecule has 0 unspecified atom stereocenters. The lowest BCUT2D eigenvalue weighted by Gasteiger charge is -2.15. The van der Waals surface area contributed by atoms with Gasteiger partial charge in [-0.1, -0.05) is 12.1 Å². The Morgan fingerprint density at radius 2 is 2.07 bits per heavy atom. The minimum atomic E-state index is -0.730. The summed E-state index contributed by atoms with van der Waals surface area (Å²) >= 11 is 0. The van der Waals surface area contributed by atoms with Crippen molar-refractivity contribution in [2.24, 2.45) is 0 Å². The van der Waals surface area contributed by atoms with Crippen LogP contribution in [0.5, 0.6) is 0 Å². The van der Waals surface area contributed by atoms with Crippen molar-refractivity contribution >= 4 is 34.5 Å². The highest BCUT2D eigenvalue weighted by molar-refractivity contribution is 5.95. The minimum Gasteiger partial charge on any atom is -0.469 e. The Labute approximate surface area is 172 Å². The Balaban J connectivity index is 1.44. The van der Waals surface area contributed by atoms with Gasteiger partial charge in [0.25, 0.3) is 5.91 Å². The second-order valence-electron chi connectivity index (χ2n) is 6.95. The Hall–Kier alpha value is -3.88. The lowest BCUT2D eigenvalue weighted by atomic mass is 10.1. The van der Waals surface area contributed by atoms with Crippen LogP contribution in [0.1, 0.15) is 28.2 Å². The number of esters is 1. The third kappa shape index (κ3) is 4.09. The van der Waals surface area contributed by atoms with E-state index >= 15 is 0 Å². The number of carbonyl (C=O) groups excluding carboxylic acids is 3. The molecule has 30 heavy (non-hydrogen) atoms. The zero-order valence-corrected chi connectivity index (χ0v) is 16.3. The Bertz CT molecular complexity index is 1090. The number of nitrogens with zero attached hydrogens (tertiary/aromatic N) is 1. The van der Waals surface area contributed by atoms with Crippen molar-refractivity contribution in [3.05, 3.63) is 59.4 Å². The van der Waals surface area contributed by atoms with Crippen LogP contribution in [-0.2, 0) is 27.4 Å². The van der Waals surface area contributed by atoms with E-state index in [1.165, 1.54) is 7.11 Å². The van der Waals surface area contributed by atoms with E-state index in [4.69, 9.17) is 0 Å². The van der Waals surface area contributed by atoms with Crippen LogP contribution in [0.3, 0.4) is 0 Å². The quantitative estimate of drug-likeness (QED) is 0.475. The summed E-state index contributed by atoms with van der Waals surface area (Å²) in [6, 6.07) is 12.0. The van der Waals surface area contributed by atoms with Gasteiger partial charge in [0.05, 0.1) is 31.1 Å². The first-order valence-electron chi connectivity index (χ1n) is 9.49. The molecule has 154 valence electrons. The summed E-state index contributed by atoms with van der Waals surface area (Å²) in [7, 11) is 1.28. The standard InChI is InChI=1S/C21H21N5O4/c1-30-19(27)9-17-21(29)22-10-13-8-12(6-7-14(13)24-17)20(28)23-11-18-25-15-4-2-3-5-16(15)26-18/h2-8,17,24H,9-11H2,1H3,(H,22,29)(H,23,28)(H,25,26)/t17-/m0/s1. The van der Waals surface area contributed by atoms with Crippen LogP contribution in [0.2, 0.25) is 0 Å². The molecule has 0 bridgehead atoms. The predicted octanol–water partition coefficient (Wildman–Crippen LogP) is 1.47. The molecule has 4 N–H and O–H groups in total. The van der Waals surface area contributed by atoms with Crippen LogP contribution in [0.25, 0.3) is 11.0 Å². The van der Waals surface area contributed by atoms with Crippen LogP contribution >= 0.6 is 0 Å². The molecule has 0 spiro atoms. The van der Waals surface area contributed by atoms with E-state index in [1.54, 1.807) is 18.2 Å². The zero-order chi connectivity index (χ0) is 21.1. The van der Waals surface area contributed by atoms with E-state index in [0.717, 1.165) is 16.6 Å². The molecule has 2 heterocycles. The van der Waals surface area contributed by atoms with Crippen molar-refractivity contribution in [1.29, 1.82) is 0 Å². The summed E-state index contributed by atoms with van der Waals surface area (Å²) in [5.41, 5.74) is 3.67. The number of rotatable bonds is 5. The number of amides is 2. The summed E-state index contributed by atoms with van der Waals surface area (Å²) in [4.78, 5) is 44.0. The zero-order valence-electron chi connectivity index (χ0n) is 16.3. The van der Waals surface area contributed by atoms with E-state index in [-0.39, 0.29) is 31.3 Å². The molecule has 1 aromatic heterocycles. The highest BCUT2D eigenvalue weighted by Crippen LogP contribution is 2.22. The van der Waals surface area contributed by atoms with Crippen LogP contribution in [0.15, 0.2) is 42.5 Å². The van der Waals surface area contributed by atoms with Gasteiger partial charge >= 0.3 is 5.97 Å². The van der Waals surface area contributed by atoms with E-state index in [1.807, 2.05) is 24.3 Å². The average Bonchev–Trinajstić information content (AvgIpc) is 3.11. The van der Waals surface area contributed by atoms with Gasteiger partial charge < -0.3 is 25.7 Å². The Morgan fingerprint density at radius 1 is 1.23 bits per heavy atom. The summed E-state index contributed by atoms with van der Waals surface area (Å²) in [6.07, 6.45) is -0.0818. The number of para-hydroxylation sites is 2. The number of aromatic amines is 1. The number of H-pyrrole nitrogens is 1. The number of aromatic nitrogens is 2. The number of imidazole rings is 1. The van der Waals surface area contributed by atoms with Crippen LogP contribution in [0, 0.1) is 0 Å². The smallest absolute Gasteiger partial charge is 0.308 e. The molecule has 2 amide bonds. The van der Waals surface area contributed by atoms with Gasteiger partial charge in [0.1, 0.15) is 11.9 Å². The first-order valence-corrected chi connectivity index (χ1v) is 9.49. The van der Waals surface area contributed by atoms with Gasteiger partial charge in [-0.25, -0.2) is 4.98 Å². The number of hydrogen-bond acceptors (Lipinski definition) is 6. The maximum absolute atomic E-state index is 12.6. The van der Waals surface area contributed by atoms with Crippen molar-refractivity contribution < 1.29 is 19.1 Å². The Morgan fingerprint density at radius 3 is 2.87 bits per heavy atom. The molecule has 3 aromatic rings. The summed E-state index contributed by atoms with van der Waals surface area (Å²) in [6.45, 7) is 0.518. The molecule has 9 nitrogen and oxygen atoms in total. The molecule has 0 saturated heterocycles. The normalized spacial score (nSPS) is 15.5. The molecule has 0 radical (unpaired) electrons. The third-order valence-electron chi connectivity index (χ3n) is 4.92. The van der Waals surface area contributed by atoms with Crippen molar-refractivity contribution in [2.45, 2.75) is 25.6 Å². The molecule has 9 heteroatoms. The van der Waals surface area contributed by atoms with Crippen LogP contribution in [-0.4, -0.2) is 40.9 Å². The lowest BCUT2D eigenvalue weighted by molar-refractivity contribution is -0.142. The number of ether oxygens (including phenoxy) is 1. The monoisotopic (exact) mass is 407 g/mol. The van der Waals surface area contributed by atoms with Crippen molar-refractivity contribution in [3.63, 3.8) is 0 Å². The fourth-order valence-corrected chi connectivity index (χ4v) is 3.33. The number of fused-ring (bicyclic) bond motifs is 2. The van der Waals surface area contributed by atoms with Crippen molar-refractivity contribution in [1.82, 2.24) is 20.6 Å². The Kier molecular flexibility index (Phi) is 5.34. The van der Waals surface area contributed by atoms with E-state index in [0.29, 0.717) is 17.1 Å². The van der Waals surface area contributed by atoms with Gasteiger partial charge in [0.15, 0.2) is 0 Å². The van der Waals surface area contributed by atoms with E-state index < -0.39 is 12.0 Å². The molecular weight excluding hydrogens is 386 g/mol. The van der Waals surface area contributed by atoms with E-state index in [9.17, 15) is 14.4 Å². The number of benzene rings is 2. The maximum Gasteiger partial charge on any atom is 0.308 e. The molecule has 1 aliphatic rings. The molecular formula is C21H21N5O4. The van der Waals surface area contributed by atoms with Crippen molar-refractivity contribution in [2.75, 3.05) is 12.4 Å². The highest BCUT2D eigenvalue weighted by Gasteiger charge is 2.26. The number of nitrogens with one attached hydrogen (secondary N) is 4. The SMILES string of the molecule is COC(=O)C[C@@H]1Nc2ccc(C(=O)NCc3nc4ccccc4[nH]3)cc2CNC1=O. The molecule has 1 atom stereocenters. The summed E-state index contributed by atoms with van der Waals surface area (Å²) in [5, 5.41) is 8.67. The number of methoxy groups -OCH3 is 1. The molecule has 1 aliphatic heterocycles. The van der Waals surface area contributed by atoms with Crippen molar-refractivity contribution in [3.8, 4) is 0 Å². The molecule has 2 aromatic carbocycles. The molecule has 0 aliphatic carbocycles. The summed E-state index contributed by atoms with van der Waals surface area (Å²) < 4.78 is 4.64. The first-order chi connectivity index (χ1) is 14.5. The van der Waals surface area contributed by atoms with E-state index in [2.05, 4.69) is 30.7 Å². The predicted molar refractivity (Wildman–Crippen MR) is 110 cm³/mol. The molecule has 4 rings (SSSR count). The highest BCUT2D eigenvalue weighted by atomic mass is 16.5. The van der Waals surface area contributed by atoms with Gasteiger partial charge in [-0.2, -0.15) is 0 Å². The maximum atomic E-state index is 12.6. The fraction of sp³-hybridized carbons (Fsp3) is 0.238. The number of carbonyl (C=O) groups is 3. The summed E-state index contributed by atoms with van der Waals surface area (Å²) in [5.74, 6) is -0.362. The topological polar surface area (TPSA) is 125 Å².